The number of carbonyl (C=O) groups excluding carboxylic acids is 2. The van der Waals surface area contributed by atoms with Gasteiger partial charge in [0, 0.05) is 30.9 Å². The minimum atomic E-state index is -0.359. The first kappa shape index (κ1) is 22.2. The molecule has 0 radical (unpaired) electrons. The summed E-state index contributed by atoms with van der Waals surface area (Å²) in [6, 6.07) is 19.2. The fourth-order valence-electron chi connectivity index (χ4n) is 3.45. The highest BCUT2D eigenvalue weighted by molar-refractivity contribution is 5.92. The van der Waals surface area contributed by atoms with Gasteiger partial charge in [-0.3, -0.25) is 4.79 Å². The molecule has 0 fully saturated rings. The van der Waals surface area contributed by atoms with Gasteiger partial charge in [0.25, 0.3) is 0 Å². The average Bonchev–Trinajstić information content (AvgIpc) is 3.13. The third kappa shape index (κ3) is 5.54. The van der Waals surface area contributed by atoms with Gasteiger partial charge in [-0.1, -0.05) is 30.3 Å². The Bertz CT molecular complexity index is 1020. The first-order valence-electron chi connectivity index (χ1n) is 10.4. The SMILES string of the molecule is CCOC(=O)c1cc(-c2ccc(OC)cc2)n(CCC(=O)NCc2ccccc2)c1C. The third-order valence-corrected chi connectivity index (χ3v) is 5.14. The summed E-state index contributed by atoms with van der Waals surface area (Å²) in [6.45, 7) is 4.91. The topological polar surface area (TPSA) is 69.6 Å². The van der Waals surface area contributed by atoms with Crippen LogP contribution < -0.4 is 10.1 Å². The van der Waals surface area contributed by atoms with Gasteiger partial charge in [0.15, 0.2) is 0 Å². The van der Waals surface area contributed by atoms with Crippen LogP contribution in [0.15, 0.2) is 60.7 Å². The lowest BCUT2D eigenvalue weighted by Crippen LogP contribution is -2.24. The number of nitrogens with zero attached hydrogens (tertiary/aromatic N) is 1. The molecule has 0 aliphatic heterocycles. The van der Waals surface area contributed by atoms with Crippen molar-refractivity contribution < 1.29 is 19.1 Å². The molecule has 0 saturated heterocycles. The van der Waals surface area contributed by atoms with Crippen molar-refractivity contribution in [1.82, 2.24) is 9.88 Å². The van der Waals surface area contributed by atoms with Gasteiger partial charge in [-0.2, -0.15) is 0 Å². The quantitative estimate of drug-likeness (QED) is 0.523. The van der Waals surface area contributed by atoms with Gasteiger partial charge < -0.3 is 19.4 Å². The van der Waals surface area contributed by atoms with E-state index in [9.17, 15) is 9.59 Å². The molecule has 6 nitrogen and oxygen atoms in total. The zero-order valence-corrected chi connectivity index (χ0v) is 18.2. The minimum Gasteiger partial charge on any atom is -0.497 e. The molecule has 3 aromatic rings. The summed E-state index contributed by atoms with van der Waals surface area (Å²) in [5.74, 6) is 0.349. The summed E-state index contributed by atoms with van der Waals surface area (Å²) in [7, 11) is 1.62. The fourth-order valence-corrected chi connectivity index (χ4v) is 3.45. The molecule has 3 rings (SSSR count). The number of nitrogens with one attached hydrogen (secondary N) is 1. The van der Waals surface area contributed by atoms with Crippen molar-refractivity contribution in [2.24, 2.45) is 0 Å². The summed E-state index contributed by atoms with van der Waals surface area (Å²) in [5, 5.41) is 2.95. The number of hydrogen-bond donors (Lipinski definition) is 1. The normalized spacial score (nSPS) is 10.5. The molecule has 2 aromatic carbocycles. The second kappa shape index (κ2) is 10.5. The van der Waals surface area contributed by atoms with Crippen molar-refractivity contribution >= 4 is 11.9 Å². The molecule has 0 bridgehead atoms. The molecule has 0 atom stereocenters. The summed E-state index contributed by atoms with van der Waals surface area (Å²) in [4.78, 5) is 24.9. The summed E-state index contributed by atoms with van der Waals surface area (Å²) >= 11 is 0. The van der Waals surface area contributed by atoms with Gasteiger partial charge in [0.05, 0.1) is 19.3 Å². The number of methoxy groups -OCH3 is 1. The van der Waals surface area contributed by atoms with Crippen molar-refractivity contribution in [1.29, 1.82) is 0 Å². The zero-order chi connectivity index (χ0) is 22.2. The standard InChI is InChI=1S/C25H28N2O4/c1-4-31-25(29)22-16-23(20-10-12-21(30-3)13-11-20)27(18(22)2)15-14-24(28)26-17-19-8-6-5-7-9-19/h5-13,16H,4,14-15,17H2,1-3H3,(H,26,28). The van der Waals surface area contributed by atoms with Crippen molar-refractivity contribution in [3.05, 3.63) is 77.5 Å². The van der Waals surface area contributed by atoms with Crippen LogP contribution in [0.4, 0.5) is 0 Å². The van der Waals surface area contributed by atoms with Gasteiger partial charge >= 0.3 is 5.97 Å². The highest BCUT2D eigenvalue weighted by atomic mass is 16.5. The molecule has 0 unspecified atom stereocenters. The number of benzene rings is 2. The van der Waals surface area contributed by atoms with Gasteiger partial charge in [0.1, 0.15) is 5.75 Å². The van der Waals surface area contributed by atoms with E-state index in [0.717, 1.165) is 28.3 Å². The van der Waals surface area contributed by atoms with Gasteiger partial charge in [0.2, 0.25) is 5.91 Å². The maximum atomic E-state index is 12.4. The van der Waals surface area contributed by atoms with E-state index < -0.39 is 0 Å². The average molecular weight is 421 g/mol. The Morgan fingerprint density at radius 2 is 1.74 bits per heavy atom. The van der Waals surface area contributed by atoms with Crippen LogP contribution in [0.5, 0.6) is 5.75 Å². The molecule has 6 heteroatoms. The van der Waals surface area contributed by atoms with Crippen molar-refractivity contribution in [2.45, 2.75) is 33.4 Å². The maximum Gasteiger partial charge on any atom is 0.339 e. The molecule has 1 N–H and O–H groups in total. The number of aromatic nitrogens is 1. The van der Waals surface area contributed by atoms with Crippen LogP contribution >= 0.6 is 0 Å². The van der Waals surface area contributed by atoms with Crippen LogP contribution in [0.25, 0.3) is 11.3 Å². The molecular formula is C25H28N2O4. The highest BCUT2D eigenvalue weighted by Gasteiger charge is 2.20. The van der Waals surface area contributed by atoms with E-state index in [4.69, 9.17) is 9.47 Å². The third-order valence-electron chi connectivity index (χ3n) is 5.14. The Labute approximate surface area is 182 Å². The van der Waals surface area contributed by atoms with E-state index in [1.54, 1.807) is 14.0 Å². The van der Waals surface area contributed by atoms with Crippen LogP contribution in [-0.2, 0) is 22.6 Å². The first-order chi connectivity index (χ1) is 15.0. The predicted octanol–water partition coefficient (Wildman–Crippen LogP) is 4.36. The largest absolute Gasteiger partial charge is 0.497 e. The van der Waals surface area contributed by atoms with E-state index >= 15 is 0 Å². The minimum absolute atomic E-state index is 0.0460. The van der Waals surface area contributed by atoms with Crippen molar-refractivity contribution in [3.63, 3.8) is 0 Å². The van der Waals surface area contributed by atoms with Crippen molar-refractivity contribution in [2.75, 3.05) is 13.7 Å². The Kier molecular flexibility index (Phi) is 7.49. The van der Waals surface area contributed by atoms with Crippen LogP contribution in [0.3, 0.4) is 0 Å². The lowest BCUT2D eigenvalue weighted by molar-refractivity contribution is -0.121. The lowest BCUT2D eigenvalue weighted by atomic mass is 10.1. The smallest absolute Gasteiger partial charge is 0.339 e. The van der Waals surface area contributed by atoms with E-state index in [1.807, 2.05) is 72.2 Å². The Balaban J connectivity index is 1.79. The molecule has 0 aliphatic rings. The molecule has 162 valence electrons. The molecule has 1 aromatic heterocycles. The summed E-state index contributed by atoms with van der Waals surface area (Å²) < 4.78 is 12.5. The Morgan fingerprint density at radius 3 is 2.39 bits per heavy atom. The Hall–Kier alpha value is -3.54. The maximum absolute atomic E-state index is 12.4. The number of ether oxygens (including phenoxy) is 2. The van der Waals surface area contributed by atoms with Crippen LogP contribution in [0, 0.1) is 6.92 Å². The number of amides is 1. The van der Waals surface area contributed by atoms with E-state index in [2.05, 4.69) is 5.32 Å². The van der Waals surface area contributed by atoms with Gasteiger partial charge in [-0.15, -0.1) is 0 Å². The molecule has 0 saturated carbocycles. The summed E-state index contributed by atoms with van der Waals surface area (Å²) in [5.41, 5.74) is 4.14. The number of esters is 1. The fraction of sp³-hybridized carbons (Fsp3) is 0.280. The number of rotatable bonds is 9. The monoisotopic (exact) mass is 420 g/mol. The van der Waals surface area contributed by atoms with Crippen LogP contribution in [0.1, 0.15) is 35.0 Å². The van der Waals surface area contributed by atoms with Gasteiger partial charge in [-0.05, 0) is 55.3 Å². The molecule has 1 heterocycles. The predicted molar refractivity (Wildman–Crippen MR) is 120 cm³/mol. The summed E-state index contributed by atoms with van der Waals surface area (Å²) in [6.07, 6.45) is 0.299. The van der Waals surface area contributed by atoms with E-state index in [-0.39, 0.29) is 11.9 Å². The van der Waals surface area contributed by atoms with Crippen LogP contribution in [-0.4, -0.2) is 30.2 Å². The lowest BCUT2D eigenvalue weighted by Gasteiger charge is -2.13. The molecule has 0 aliphatic carbocycles. The molecule has 1 amide bonds. The van der Waals surface area contributed by atoms with Gasteiger partial charge in [-0.25, -0.2) is 4.79 Å². The van der Waals surface area contributed by atoms with Crippen molar-refractivity contribution in [3.8, 4) is 17.0 Å². The first-order valence-corrected chi connectivity index (χ1v) is 10.4. The molecule has 0 spiro atoms. The highest BCUT2D eigenvalue weighted by Crippen LogP contribution is 2.28. The van der Waals surface area contributed by atoms with E-state index in [1.165, 1.54) is 0 Å². The molecular weight excluding hydrogens is 392 g/mol. The Morgan fingerprint density at radius 1 is 1.03 bits per heavy atom. The second-order valence-corrected chi connectivity index (χ2v) is 7.14. The van der Waals surface area contributed by atoms with E-state index in [0.29, 0.717) is 31.7 Å². The number of carbonyl (C=O) groups is 2. The molecule has 31 heavy (non-hydrogen) atoms. The second-order valence-electron chi connectivity index (χ2n) is 7.14. The zero-order valence-electron chi connectivity index (χ0n) is 18.2. The number of hydrogen-bond acceptors (Lipinski definition) is 4. The van der Waals surface area contributed by atoms with Crippen LogP contribution in [0.2, 0.25) is 0 Å².